The van der Waals surface area contributed by atoms with Crippen LogP contribution in [0.2, 0.25) is 0 Å². The van der Waals surface area contributed by atoms with Gasteiger partial charge in [0.05, 0.1) is 5.56 Å². The van der Waals surface area contributed by atoms with E-state index < -0.39 is 0 Å². The summed E-state index contributed by atoms with van der Waals surface area (Å²) in [6, 6.07) is 9.92. The van der Waals surface area contributed by atoms with Gasteiger partial charge in [0.1, 0.15) is 11.5 Å². The fraction of sp³-hybridized carbons (Fsp3) is 0.353. The van der Waals surface area contributed by atoms with Gasteiger partial charge in [-0.3, -0.25) is 4.79 Å². The van der Waals surface area contributed by atoms with Crippen LogP contribution in [-0.2, 0) is 6.42 Å². The zero-order valence-electron chi connectivity index (χ0n) is 12.8. The van der Waals surface area contributed by atoms with Crippen molar-refractivity contribution in [1.29, 1.82) is 0 Å². The van der Waals surface area contributed by atoms with Crippen LogP contribution in [0.15, 0.2) is 34.7 Å². The fourth-order valence-corrected chi connectivity index (χ4v) is 2.48. The van der Waals surface area contributed by atoms with Gasteiger partial charge in [-0.25, -0.2) is 0 Å². The number of amides is 1. The van der Waals surface area contributed by atoms with Gasteiger partial charge >= 0.3 is 0 Å². The molecule has 0 aliphatic rings. The highest BCUT2D eigenvalue weighted by Gasteiger charge is 2.20. The van der Waals surface area contributed by atoms with Gasteiger partial charge in [-0.05, 0) is 32.8 Å². The van der Waals surface area contributed by atoms with E-state index in [-0.39, 0.29) is 11.9 Å². The van der Waals surface area contributed by atoms with E-state index in [1.807, 2.05) is 51.1 Å². The number of hydrogen-bond donors (Lipinski definition) is 2. The number of aryl methyl sites for hydroxylation is 2. The molecular weight excluding hydrogens is 264 g/mol. The van der Waals surface area contributed by atoms with E-state index in [0.717, 1.165) is 23.3 Å². The van der Waals surface area contributed by atoms with Crippen molar-refractivity contribution in [1.82, 2.24) is 5.32 Å². The smallest absolute Gasteiger partial charge is 0.255 e. The van der Waals surface area contributed by atoms with Gasteiger partial charge in [0.2, 0.25) is 0 Å². The van der Waals surface area contributed by atoms with Crippen molar-refractivity contribution >= 4 is 5.91 Å². The Labute approximate surface area is 125 Å². The molecule has 0 fully saturated rings. The second-order valence-electron chi connectivity index (χ2n) is 5.31. The topological polar surface area (TPSA) is 68.3 Å². The Morgan fingerprint density at radius 2 is 1.86 bits per heavy atom. The first-order valence-corrected chi connectivity index (χ1v) is 7.14. The van der Waals surface area contributed by atoms with Crippen molar-refractivity contribution in [3.63, 3.8) is 0 Å². The molecule has 1 unspecified atom stereocenters. The Morgan fingerprint density at radius 3 is 2.38 bits per heavy atom. The molecule has 4 heteroatoms. The van der Waals surface area contributed by atoms with E-state index in [1.165, 1.54) is 0 Å². The average Bonchev–Trinajstić information content (AvgIpc) is 2.72. The van der Waals surface area contributed by atoms with Crippen LogP contribution in [0.3, 0.4) is 0 Å². The highest BCUT2D eigenvalue weighted by Crippen LogP contribution is 2.20. The molecule has 1 aromatic heterocycles. The molecule has 1 atom stereocenters. The van der Waals surface area contributed by atoms with Crippen LogP contribution in [0.25, 0.3) is 0 Å². The summed E-state index contributed by atoms with van der Waals surface area (Å²) in [5.41, 5.74) is 8.46. The molecule has 0 spiro atoms. The molecule has 2 aromatic rings. The van der Waals surface area contributed by atoms with Crippen molar-refractivity contribution < 1.29 is 9.21 Å². The molecule has 21 heavy (non-hydrogen) atoms. The van der Waals surface area contributed by atoms with Crippen LogP contribution < -0.4 is 11.1 Å². The number of rotatable bonds is 5. The molecule has 1 heterocycles. The van der Waals surface area contributed by atoms with Crippen molar-refractivity contribution in [3.05, 3.63) is 58.5 Å². The number of carbonyl (C=O) groups is 1. The highest BCUT2D eigenvalue weighted by molar-refractivity contribution is 5.97. The molecular formula is C17H22N2O2. The van der Waals surface area contributed by atoms with Crippen LogP contribution in [0.1, 0.15) is 33.0 Å². The maximum Gasteiger partial charge on any atom is 0.255 e. The van der Waals surface area contributed by atoms with Crippen LogP contribution >= 0.6 is 0 Å². The average molecular weight is 286 g/mol. The summed E-state index contributed by atoms with van der Waals surface area (Å²) in [4.78, 5) is 12.4. The van der Waals surface area contributed by atoms with Crippen LogP contribution in [0.5, 0.6) is 0 Å². The van der Waals surface area contributed by atoms with Gasteiger partial charge in [-0.15, -0.1) is 0 Å². The Balaban J connectivity index is 2.09. The summed E-state index contributed by atoms with van der Waals surface area (Å²) < 4.78 is 5.51. The van der Waals surface area contributed by atoms with Crippen molar-refractivity contribution in [2.45, 2.75) is 33.2 Å². The molecule has 1 amide bonds. The van der Waals surface area contributed by atoms with E-state index in [9.17, 15) is 4.79 Å². The number of benzene rings is 1. The lowest BCUT2D eigenvalue weighted by atomic mass is 10.0. The predicted molar refractivity (Wildman–Crippen MR) is 83.4 cm³/mol. The molecule has 0 radical (unpaired) electrons. The minimum Gasteiger partial charge on any atom is -0.466 e. The Bertz CT molecular complexity index is 617. The molecule has 1 aromatic carbocycles. The zero-order valence-corrected chi connectivity index (χ0v) is 12.8. The van der Waals surface area contributed by atoms with Crippen LogP contribution in [0.4, 0.5) is 0 Å². The zero-order chi connectivity index (χ0) is 15.4. The Kier molecular flexibility index (Phi) is 4.81. The first-order valence-electron chi connectivity index (χ1n) is 7.14. The molecule has 2 rings (SSSR count). The maximum absolute atomic E-state index is 12.4. The molecule has 0 saturated carbocycles. The quantitative estimate of drug-likeness (QED) is 0.887. The standard InChI is InChI=1S/C17H22N2O2/c1-11-12(2)21-13(3)16(11)17(20)19-15(10-18)9-14-7-5-4-6-8-14/h4-8,15H,9-10,18H2,1-3H3,(H,19,20). The first-order chi connectivity index (χ1) is 10.0. The van der Waals surface area contributed by atoms with E-state index in [0.29, 0.717) is 17.9 Å². The maximum atomic E-state index is 12.4. The lowest BCUT2D eigenvalue weighted by molar-refractivity contribution is 0.0936. The van der Waals surface area contributed by atoms with Gasteiger partial charge in [-0.1, -0.05) is 30.3 Å². The first kappa shape index (κ1) is 15.3. The summed E-state index contributed by atoms with van der Waals surface area (Å²) >= 11 is 0. The summed E-state index contributed by atoms with van der Waals surface area (Å²) in [7, 11) is 0. The van der Waals surface area contributed by atoms with E-state index in [4.69, 9.17) is 10.2 Å². The minimum absolute atomic E-state index is 0.0890. The normalized spacial score (nSPS) is 12.2. The predicted octanol–water partition coefficient (Wildman–Crippen LogP) is 2.50. The van der Waals surface area contributed by atoms with Crippen molar-refractivity contribution in [3.8, 4) is 0 Å². The molecule has 0 saturated heterocycles. The van der Waals surface area contributed by atoms with E-state index in [2.05, 4.69) is 5.32 Å². The number of carbonyl (C=O) groups excluding carboxylic acids is 1. The summed E-state index contributed by atoms with van der Waals surface area (Å²) in [5.74, 6) is 1.32. The largest absolute Gasteiger partial charge is 0.466 e. The van der Waals surface area contributed by atoms with Gasteiger partial charge in [-0.2, -0.15) is 0 Å². The second kappa shape index (κ2) is 6.59. The monoisotopic (exact) mass is 286 g/mol. The fourth-order valence-electron chi connectivity index (χ4n) is 2.48. The SMILES string of the molecule is Cc1oc(C)c(C(=O)NC(CN)Cc2ccccc2)c1C. The minimum atomic E-state index is -0.117. The number of hydrogen-bond acceptors (Lipinski definition) is 3. The van der Waals surface area contributed by atoms with E-state index in [1.54, 1.807) is 0 Å². The van der Waals surface area contributed by atoms with Crippen LogP contribution in [-0.4, -0.2) is 18.5 Å². The third kappa shape index (κ3) is 3.52. The number of furan rings is 1. The Morgan fingerprint density at radius 1 is 1.19 bits per heavy atom. The lowest BCUT2D eigenvalue weighted by Gasteiger charge is -2.17. The lowest BCUT2D eigenvalue weighted by Crippen LogP contribution is -2.42. The summed E-state index contributed by atoms with van der Waals surface area (Å²) in [5, 5.41) is 3.00. The second-order valence-corrected chi connectivity index (χ2v) is 5.31. The van der Waals surface area contributed by atoms with Gasteiger partial charge in [0, 0.05) is 18.2 Å². The Hall–Kier alpha value is -2.07. The molecule has 112 valence electrons. The van der Waals surface area contributed by atoms with E-state index >= 15 is 0 Å². The summed E-state index contributed by atoms with van der Waals surface area (Å²) in [6.45, 7) is 5.97. The molecule has 0 bridgehead atoms. The van der Waals surface area contributed by atoms with Gasteiger partial charge in [0.25, 0.3) is 5.91 Å². The van der Waals surface area contributed by atoms with Crippen molar-refractivity contribution in [2.75, 3.05) is 6.54 Å². The number of nitrogens with two attached hydrogens (primary N) is 1. The molecule has 0 aliphatic heterocycles. The van der Waals surface area contributed by atoms with Crippen LogP contribution in [0, 0.1) is 20.8 Å². The summed E-state index contributed by atoms with van der Waals surface area (Å²) in [6.07, 6.45) is 0.720. The highest BCUT2D eigenvalue weighted by atomic mass is 16.3. The van der Waals surface area contributed by atoms with Crippen molar-refractivity contribution in [2.24, 2.45) is 5.73 Å². The third-order valence-corrected chi connectivity index (χ3v) is 3.73. The molecule has 4 nitrogen and oxygen atoms in total. The number of nitrogens with one attached hydrogen (secondary N) is 1. The molecule has 0 aliphatic carbocycles. The van der Waals surface area contributed by atoms with Gasteiger partial charge in [0.15, 0.2) is 0 Å². The molecule has 3 N–H and O–H groups in total. The van der Waals surface area contributed by atoms with Gasteiger partial charge < -0.3 is 15.5 Å². The third-order valence-electron chi connectivity index (χ3n) is 3.73.